The quantitative estimate of drug-likeness (QED) is 0.923. The van der Waals surface area contributed by atoms with Gasteiger partial charge in [-0.2, -0.15) is 0 Å². The highest BCUT2D eigenvalue weighted by atomic mass is 79.9. The molecule has 2 aliphatic rings. The van der Waals surface area contributed by atoms with E-state index in [4.69, 9.17) is 0 Å². The van der Waals surface area contributed by atoms with Crippen molar-refractivity contribution < 1.29 is 0 Å². The third-order valence-electron chi connectivity index (χ3n) is 4.33. The van der Waals surface area contributed by atoms with E-state index in [1.807, 2.05) is 6.20 Å². The zero-order chi connectivity index (χ0) is 13.2. The molecule has 2 fully saturated rings. The van der Waals surface area contributed by atoms with E-state index in [1.165, 1.54) is 37.9 Å². The number of likely N-dealkylation sites (tertiary alicyclic amines) is 1. The van der Waals surface area contributed by atoms with Gasteiger partial charge in [0.1, 0.15) is 0 Å². The van der Waals surface area contributed by atoms with Gasteiger partial charge in [0.15, 0.2) is 0 Å². The molecule has 0 aromatic carbocycles. The maximum Gasteiger partial charge on any atom is 0.0579 e. The van der Waals surface area contributed by atoms with E-state index in [-0.39, 0.29) is 0 Å². The Morgan fingerprint density at radius 2 is 2.21 bits per heavy atom. The molecular formula is C15H22BrN3. The molecule has 2 unspecified atom stereocenters. The topological polar surface area (TPSA) is 28.2 Å². The molecule has 1 saturated carbocycles. The van der Waals surface area contributed by atoms with Crippen LogP contribution >= 0.6 is 15.9 Å². The van der Waals surface area contributed by atoms with Crippen LogP contribution in [-0.4, -0.2) is 36.1 Å². The average molecular weight is 324 g/mol. The first-order valence-corrected chi connectivity index (χ1v) is 8.10. The van der Waals surface area contributed by atoms with E-state index in [0.29, 0.717) is 12.0 Å². The van der Waals surface area contributed by atoms with Crippen LogP contribution in [0.3, 0.4) is 0 Å². The molecule has 0 bridgehead atoms. The lowest BCUT2D eigenvalue weighted by Gasteiger charge is -2.41. The summed E-state index contributed by atoms with van der Waals surface area (Å²) < 4.78 is 1.06. The second-order valence-electron chi connectivity index (χ2n) is 5.78. The largest absolute Gasteiger partial charge is 0.319 e. The van der Waals surface area contributed by atoms with E-state index in [0.717, 1.165) is 17.1 Å². The molecule has 3 nitrogen and oxygen atoms in total. The summed E-state index contributed by atoms with van der Waals surface area (Å²) in [6.45, 7) is 2.33. The lowest BCUT2D eigenvalue weighted by molar-refractivity contribution is 0.0816. The molecule has 1 aliphatic heterocycles. The molecule has 19 heavy (non-hydrogen) atoms. The fourth-order valence-electron chi connectivity index (χ4n) is 3.37. The normalized spacial score (nSPS) is 28.5. The van der Waals surface area contributed by atoms with Crippen molar-refractivity contribution in [2.45, 2.75) is 37.8 Å². The van der Waals surface area contributed by atoms with E-state index in [1.54, 1.807) is 0 Å². The van der Waals surface area contributed by atoms with Crippen LogP contribution in [0.2, 0.25) is 0 Å². The first-order valence-electron chi connectivity index (χ1n) is 7.31. The Hall–Kier alpha value is -0.450. The van der Waals surface area contributed by atoms with Crippen molar-refractivity contribution in [2.24, 2.45) is 5.92 Å². The number of hydrogen-bond acceptors (Lipinski definition) is 3. The van der Waals surface area contributed by atoms with Gasteiger partial charge < -0.3 is 5.32 Å². The van der Waals surface area contributed by atoms with Gasteiger partial charge in [-0.1, -0.05) is 0 Å². The van der Waals surface area contributed by atoms with Crippen LogP contribution in [0.5, 0.6) is 0 Å². The Kier molecular flexibility index (Phi) is 4.20. The number of pyridine rings is 1. The summed E-state index contributed by atoms with van der Waals surface area (Å²) in [7, 11) is 2.06. The van der Waals surface area contributed by atoms with Crippen molar-refractivity contribution in [1.82, 2.24) is 15.2 Å². The molecule has 2 heterocycles. The molecule has 1 aliphatic carbocycles. The molecule has 1 saturated heterocycles. The number of nitrogens with zero attached hydrogens (tertiary/aromatic N) is 2. The van der Waals surface area contributed by atoms with Crippen LogP contribution in [0.1, 0.15) is 37.4 Å². The fourth-order valence-corrected chi connectivity index (χ4v) is 3.60. The number of rotatable bonds is 4. The predicted molar refractivity (Wildman–Crippen MR) is 81.1 cm³/mol. The number of nitrogens with one attached hydrogen (secondary N) is 1. The molecule has 1 N–H and O–H groups in total. The van der Waals surface area contributed by atoms with Crippen molar-refractivity contribution in [1.29, 1.82) is 0 Å². The Morgan fingerprint density at radius 1 is 1.37 bits per heavy atom. The average Bonchev–Trinajstić information content (AvgIpc) is 3.24. The third-order valence-corrected chi connectivity index (χ3v) is 4.80. The molecule has 2 atom stereocenters. The van der Waals surface area contributed by atoms with Crippen molar-refractivity contribution >= 4 is 15.9 Å². The second-order valence-corrected chi connectivity index (χ2v) is 6.69. The Balaban J connectivity index is 1.87. The van der Waals surface area contributed by atoms with Gasteiger partial charge >= 0.3 is 0 Å². The van der Waals surface area contributed by atoms with E-state index in [2.05, 4.69) is 50.3 Å². The number of halogens is 1. The lowest BCUT2D eigenvalue weighted by Crippen LogP contribution is -2.43. The van der Waals surface area contributed by atoms with E-state index >= 15 is 0 Å². The van der Waals surface area contributed by atoms with Gasteiger partial charge in [0.25, 0.3) is 0 Å². The summed E-state index contributed by atoms with van der Waals surface area (Å²) in [5.41, 5.74) is 1.25. The van der Waals surface area contributed by atoms with Crippen LogP contribution in [0.4, 0.5) is 0 Å². The number of aromatic nitrogens is 1. The summed E-state index contributed by atoms with van der Waals surface area (Å²) in [4.78, 5) is 7.39. The molecule has 4 heteroatoms. The molecule has 1 aromatic rings. The van der Waals surface area contributed by atoms with Crippen molar-refractivity contribution in [2.75, 3.05) is 20.1 Å². The Bertz CT molecular complexity index is 414. The van der Waals surface area contributed by atoms with Gasteiger partial charge in [-0.05, 0) is 79.8 Å². The maximum atomic E-state index is 4.68. The molecular weight excluding hydrogens is 302 g/mol. The van der Waals surface area contributed by atoms with Gasteiger partial charge in [0.05, 0.1) is 11.7 Å². The summed E-state index contributed by atoms with van der Waals surface area (Å²) >= 11 is 3.48. The van der Waals surface area contributed by atoms with Crippen LogP contribution in [-0.2, 0) is 0 Å². The highest BCUT2D eigenvalue weighted by molar-refractivity contribution is 9.10. The van der Waals surface area contributed by atoms with Gasteiger partial charge in [0.2, 0.25) is 0 Å². The molecule has 3 rings (SSSR count). The first-order chi connectivity index (χ1) is 9.29. The highest BCUT2D eigenvalue weighted by Crippen LogP contribution is 2.42. The minimum atomic E-state index is 0.502. The predicted octanol–water partition coefficient (Wildman–Crippen LogP) is 2.98. The van der Waals surface area contributed by atoms with Crippen molar-refractivity contribution in [3.05, 3.63) is 28.5 Å². The van der Waals surface area contributed by atoms with Crippen molar-refractivity contribution in [3.63, 3.8) is 0 Å². The van der Waals surface area contributed by atoms with Gasteiger partial charge in [-0.15, -0.1) is 0 Å². The zero-order valence-electron chi connectivity index (χ0n) is 11.5. The molecule has 0 radical (unpaired) electrons. The number of hydrogen-bond donors (Lipinski definition) is 1. The van der Waals surface area contributed by atoms with E-state index in [9.17, 15) is 0 Å². The maximum absolute atomic E-state index is 4.68. The lowest BCUT2D eigenvalue weighted by atomic mass is 9.86. The minimum absolute atomic E-state index is 0.502. The van der Waals surface area contributed by atoms with Gasteiger partial charge in [-0.25, -0.2) is 0 Å². The standard InChI is InChI=1S/C15H22BrN3/c1-17-9-11-3-2-8-19(13-5-6-13)15(11)14-7-4-12(16)10-18-14/h4,7,10-11,13,15,17H,2-3,5-6,8-9H2,1H3. The Morgan fingerprint density at radius 3 is 2.84 bits per heavy atom. The molecule has 1 aromatic heterocycles. The fraction of sp³-hybridized carbons (Fsp3) is 0.667. The SMILES string of the molecule is CNCC1CCCN(C2CC2)C1c1ccc(Br)cn1. The van der Waals surface area contributed by atoms with Crippen molar-refractivity contribution in [3.8, 4) is 0 Å². The second kappa shape index (κ2) is 5.90. The summed E-state index contributed by atoms with van der Waals surface area (Å²) in [6.07, 6.45) is 7.33. The first kappa shape index (κ1) is 13.5. The molecule has 104 valence electrons. The molecule has 0 spiro atoms. The highest BCUT2D eigenvalue weighted by Gasteiger charge is 2.40. The van der Waals surface area contributed by atoms with E-state index < -0.39 is 0 Å². The summed E-state index contributed by atoms with van der Waals surface area (Å²) in [5, 5.41) is 3.36. The summed E-state index contributed by atoms with van der Waals surface area (Å²) in [5.74, 6) is 0.688. The van der Waals surface area contributed by atoms with Crippen LogP contribution in [0.25, 0.3) is 0 Å². The van der Waals surface area contributed by atoms with Crippen LogP contribution in [0, 0.1) is 5.92 Å². The monoisotopic (exact) mass is 323 g/mol. The van der Waals surface area contributed by atoms with Crippen LogP contribution in [0.15, 0.2) is 22.8 Å². The minimum Gasteiger partial charge on any atom is -0.319 e. The smallest absolute Gasteiger partial charge is 0.0579 e. The van der Waals surface area contributed by atoms with Gasteiger partial charge in [0, 0.05) is 16.7 Å². The summed E-state index contributed by atoms with van der Waals surface area (Å²) in [6, 6.07) is 5.63. The third kappa shape index (κ3) is 3.01. The Labute approximate surface area is 123 Å². The zero-order valence-corrected chi connectivity index (χ0v) is 13.1. The van der Waals surface area contributed by atoms with Gasteiger partial charge in [-0.3, -0.25) is 9.88 Å². The number of piperidine rings is 1. The van der Waals surface area contributed by atoms with Crippen LogP contribution < -0.4 is 5.32 Å². The molecule has 0 amide bonds.